The van der Waals surface area contributed by atoms with Crippen molar-refractivity contribution in [1.29, 1.82) is 0 Å². The molecule has 0 aromatic heterocycles. The quantitative estimate of drug-likeness (QED) is 0.458. The van der Waals surface area contributed by atoms with Crippen molar-refractivity contribution in [2.45, 2.75) is 116 Å². The first-order chi connectivity index (χ1) is 12.4. The molecule has 0 radical (unpaired) electrons. The van der Waals surface area contributed by atoms with Gasteiger partial charge in [0.05, 0.1) is 0 Å². The average molecular weight is 343 g/mol. The Kier molecular flexibility index (Phi) is 4.93. The van der Waals surface area contributed by atoms with Crippen LogP contribution < -0.4 is 0 Å². The summed E-state index contributed by atoms with van der Waals surface area (Å²) in [6, 6.07) is 0. The third-order valence-electron chi connectivity index (χ3n) is 9.87. The van der Waals surface area contributed by atoms with Gasteiger partial charge in [-0.3, -0.25) is 0 Å². The molecule has 0 heteroatoms. The van der Waals surface area contributed by atoms with Gasteiger partial charge in [0, 0.05) is 0 Å². The van der Waals surface area contributed by atoms with Crippen LogP contribution in [0.4, 0.5) is 0 Å². The van der Waals surface area contributed by atoms with Gasteiger partial charge in [0.15, 0.2) is 0 Å². The van der Waals surface area contributed by atoms with Crippen LogP contribution in [0.5, 0.6) is 0 Å². The van der Waals surface area contributed by atoms with Crippen molar-refractivity contribution < 1.29 is 0 Å². The Hall–Kier alpha value is 0. The van der Waals surface area contributed by atoms with Crippen LogP contribution in [0.25, 0.3) is 0 Å². The molecule has 5 rings (SSSR count). The standard InChI is InChI=1S/C25H42/c1-2-5-12-19(11-4-1)23-24(20-13-10-14-20)25(23,22-17-8-9-18-22)21-15-6-3-7-16-21/h19-24H,1-18H2. The summed E-state index contributed by atoms with van der Waals surface area (Å²) in [5, 5.41) is 0. The summed E-state index contributed by atoms with van der Waals surface area (Å²) in [5.41, 5.74) is 0.858. The minimum absolute atomic E-state index is 0.858. The van der Waals surface area contributed by atoms with Gasteiger partial charge >= 0.3 is 0 Å². The van der Waals surface area contributed by atoms with Crippen molar-refractivity contribution in [3.8, 4) is 0 Å². The lowest BCUT2D eigenvalue weighted by Crippen LogP contribution is -2.32. The Balaban J connectivity index is 1.46. The Labute approximate surface area is 156 Å². The molecule has 5 saturated carbocycles. The smallest absolute Gasteiger partial charge is 0.0173 e. The van der Waals surface area contributed by atoms with Gasteiger partial charge in [-0.2, -0.15) is 0 Å². The predicted octanol–water partition coefficient (Wildman–Crippen LogP) is 7.76. The van der Waals surface area contributed by atoms with Crippen LogP contribution in [0.15, 0.2) is 0 Å². The van der Waals surface area contributed by atoms with E-state index in [0.717, 1.165) is 29.1 Å². The van der Waals surface area contributed by atoms with Gasteiger partial charge in [-0.05, 0) is 66.6 Å². The summed E-state index contributed by atoms with van der Waals surface area (Å²) < 4.78 is 0. The van der Waals surface area contributed by atoms with Crippen molar-refractivity contribution >= 4 is 0 Å². The minimum atomic E-state index is 0.858. The zero-order valence-corrected chi connectivity index (χ0v) is 16.7. The van der Waals surface area contributed by atoms with Crippen LogP contribution in [-0.2, 0) is 0 Å². The highest BCUT2D eigenvalue weighted by Crippen LogP contribution is 2.78. The molecule has 3 atom stereocenters. The van der Waals surface area contributed by atoms with E-state index in [9.17, 15) is 0 Å². The monoisotopic (exact) mass is 342 g/mol. The van der Waals surface area contributed by atoms with Crippen LogP contribution >= 0.6 is 0 Å². The van der Waals surface area contributed by atoms with E-state index in [4.69, 9.17) is 0 Å². The lowest BCUT2D eigenvalue weighted by Gasteiger charge is -2.40. The summed E-state index contributed by atoms with van der Waals surface area (Å²) in [4.78, 5) is 0. The highest BCUT2D eigenvalue weighted by Gasteiger charge is 2.73. The van der Waals surface area contributed by atoms with Gasteiger partial charge in [-0.25, -0.2) is 0 Å². The average Bonchev–Trinajstić information content (AvgIpc) is 3.09. The second-order valence-electron chi connectivity index (χ2n) is 10.8. The first-order valence-electron chi connectivity index (χ1n) is 12.4. The van der Waals surface area contributed by atoms with Crippen LogP contribution in [0.1, 0.15) is 116 Å². The lowest BCUT2D eigenvalue weighted by molar-refractivity contribution is 0.0926. The molecule has 0 aromatic carbocycles. The molecule has 142 valence electrons. The fraction of sp³-hybridized carbons (Fsp3) is 1.00. The van der Waals surface area contributed by atoms with Crippen molar-refractivity contribution in [3.05, 3.63) is 0 Å². The molecule has 0 aromatic rings. The maximum Gasteiger partial charge on any atom is -0.0173 e. The molecule has 0 heterocycles. The second kappa shape index (κ2) is 7.20. The van der Waals surface area contributed by atoms with Crippen LogP contribution in [0, 0.1) is 40.9 Å². The number of rotatable bonds is 4. The molecule has 3 unspecified atom stereocenters. The third kappa shape index (κ3) is 2.84. The fourth-order valence-electron chi connectivity index (χ4n) is 8.81. The van der Waals surface area contributed by atoms with Gasteiger partial charge in [0.25, 0.3) is 0 Å². The Morgan fingerprint density at radius 1 is 0.360 bits per heavy atom. The molecule has 0 spiro atoms. The van der Waals surface area contributed by atoms with Crippen molar-refractivity contribution in [2.75, 3.05) is 0 Å². The largest absolute Gasteiger partial charge is 0.0533 e. The molecule has 0 nitrogen and oxygen atoms in total. The molecule has 0 saturated heterocycles. The molecule has 5 fully saturated rings. The predicted molar refractivity (Wildman–Crippen MR) is 106 cm³/mol. The first kappa shape index (κ1) is 17.1. The van der Waals surface area contributed by atoms with E-state index in [1.807, 2.05) is 0 Å². The van der Waals surface area contributed by atoms with E-state index >= 15 is 0 Å². The molecular weight excluding hydrogens is 300 g/mol. The molecule has 0 amide bonds. The van der Waals surface area contributed by atoms with Crippen LogP contribution in [0.2, 0.25) is 0 Å². The maximum absolute atomic E-state index is 1.61. The number of hydrogen-bond acceptors (Lipinski definition) is 0. The van der Waals surface area contributed by atoms with E-state index in [0.29, 0.717) is 0 Å². The van der Waals surface area contributed by atoms with Crippen molar-refractivity contribution in [2.24, 2.45) is 40.9 Å². The van der Waals surface area contributed by atoms with Gasteiger partial charge < -0.3 is 0 Å². The van der Waals surface area contributed by atoms with Crippen LogP contribution in [0.3, 0.4) is 0 Å². The molecule has 0 bridgehead atoms. The summed E-state index contributed by atoms with van der Waals surface area (Å²) in [7, 11) is 0. The topological polar surface area (TPSA) is 0 Å². The zero-order chi connectivity index (χ0) is 16.7. The second-order valence-corrected chi connectivity index (χ2v) is 10.8. The highest BCUT2D eigenvalue weighted by molar-refractivity contribution is 5.20. The summed E-state index contributed by atoms with van der Waals surface area (Å²) in [6.07, 6.45) is 28.4. The van der Waals surface area contributed by atoms with E-state index in [2.05, 4.69) is 0 Å². The van der Waals surface area contributed by atoms with Gasteiger partial charge in [0.2, 0.25) is 0 Å². The Bertz CT molecular complexity index is 429. The first-order valence-corrected chi connectivity index (χ1v) is 12.4. The van der Waals surface area contributed by atoms with Gasteiger partial charge in [0.1, 0.15) is 0 Å². The van der Waals surface area contributed by atoms with E-state index < -0.39 is 0 Å². The van der Waals surface area contributed by atoms with E-state index in [1.165, 1.54) is 24.7 Å². The van der Waals surface area contributed by atoms with Gasteiger partial charge in [-0.1, -0.05) is 89.9 Å². The van der Waals surface area contributed by atoms with Crippen molar-refractivity contribution in [1.82, 2.24) is 0 Å². The Morgan fingerprint density at radius 3 is 1.16 bits per heavy atom. The normalized spacial score (nSPS) is 42.2. The van der Waals surface area contributed by atoms with E-state index in [1.54, 1.807) is 103 Å². The molecular formula is C25H42. The lowest BCUT2D eigenvalue weighted by atomic mass is 9.65. The highest BCUT2D eigenvalue weighted by atomic mass is 14.8. The minimum Gasteiger partial charge on any atom is -0.0533 e. The summed E-state index contributed by atoms with van der Waals surface area (Å²) >= 11 is 0. The van der Waals surface area contributed by atoms with E-state index in [-0.39, 0.29) is 0 Å². The SMILES string of the molecule is C1CCCC(C2C(C3CCC3)C2(C2CCCCC2)C2CCCC2)CC1. The molecule has 0 N–H and O–H groups in total. The zero-order valence-electron chi connectivity index (χ0n) is 16.7. The maximum atomic E-state index is 1.61. The van der Waals surface area contributed by atoms with Gasteiger partial charge in [-0.15, -0.1) is 0 Å². The van der Waals surface area contributed by atoms with Crippen LogP contribution in [-0.4, -0.2) is 0 Å². The fourth-order valence-corrected chi connectivity index (χ4v) is 8.81. The Morgan fingerprint density at radius 2 is 0.720 bits per heavy atom. The molecule has 25 heavy (non-hydrogen) atoms. The summed E-state index contributed by atoms with van der Waals surface area (Å²) in [6.45, 7) is 0. The third-order valence-corrected chi connectivity index (χ3v) is 9.87. The number of hydrogen-bond donors (Lipinski definition) is 0. The summed E-state index contributed by atoms with van der Waals surface area (Å²) in [5.74, 6) is 6.96. The molecule has 0 aliphatic heterocycles. The van der Waals surface area contributed by atoms with Crippen molar-refractivity contribution in [3.63, 3.8) is 0 Å². The molecule has 5 aliphatic carbocycles. The molecule has 5 aliphatic rings.